The summed E-state index contributed by atoms with van der Waals surface area (Å²) < 4.78 is 6.00. The number of amides is 1. The van der Waals surface area contributed by atoms with Gasteiger partial charge in [0.05, 0.1) is 11.8 Å². The molecule has 0 radical (unpaired) electrons. The standard InChI is InChI=1S/C22H30N2O3/c25-20(13-21-9-16-8-17(10-21)12-22(26,11-16)15-21)24-6-3-18(4-7-24)27-19-2-1-5-23-14-19/h1-2,5,14,16-18,26H,3-4,6-13,15H2/t16-,17-,21?,22?/m0/s1. The van der Waals surface area contributed by atoms with E-state index < -0.39 is 5.60 Å². The quantitative estimate of drug-likeness (QED) is 0.884. The number of aliphatic hydroxyl groups is 1. The number of carbonyl (C=O) groups is 1. The highest BCUT2D eigenvalue weighted by Crippen LogP contribution is 2.62. The maximum Gasteiger partial charge on any atom is 0.223 e. The van der Waals surface area contributed by atoms with Crippen molar-refractivity contribution in [2.45, 2.75) is 69.5 Å². The summed E-state index contributed by atoms with van der Waals surface area (Å²) in [6.07, 6.45) is 12.4. The Balaban J connectivity index is 1.17. The highest BCUT2D eigenvalue weighted by atomic mass is 16.5. The first kappa shape index (κ1) is 17.5. The minimum Gasteiger partial charge on any atom is -0.489 e. The third-order valence-electron chi connectivity index (χ3n) is 7.41. The molecular weight excluding hydrogens is 340 g/mol. The summed E-state index contributed by atoms with van der Waals surface area (Å²) in [6.45, 7) is 1.55. The molecule has 1 aromatic heterocycles. The van der Waals surface area contributed by atoms with Crippen LogP contribution in [0.15, 0.2) is 24.5 Å². The van der Waals surface area contributed by atoms with E-state index in [-0.39, 0.29) is 11.5 Å². The van der Waals surface area contributed by atoms with Crippen molar-refractivity contribution in [3.05, 3.63) is 24.5 Å². The van der Waals surface area contributed by atoms with Crippen LogP contribution >= 0.6 is 0 Å². The number of hydrogen-bond acceptors (Lipinski definition) is 4. The number of aromatic nitrogens is 1. The van der Waals surface area contributed by atoms with E-state index in [2.05, 4.69) is 4.98 Å². The van der Waals surface area contributed by atoms with Crippen molar-refractivity contribution in [3.63, 3.8) is 0 Å². The van der Waals surface area contributed by atoms with E-state index in [4.69, 9.17) is 4.74 Å². The fourth-order valence-electron chi connectivity index (χ4n) is 6.87. The third kappa shape index (κ3) is 3.46. The van der Waals surface area contributed by atoms with Crippen molar-refractivity contribution in [2.75, 3.05) is 13.1 Å². The van der Waals surface area contributed by atoms with Crippen LogP contribution in [0.1, 0.15) is 57.8 Å². The summed E-state index contributed by atoms with van der Waals surface area (Å²) in [5.74, 6) is 2.38. The molecule has 4 aliphatic carbocycles. The van der Waals surface area contributed by atoms with Crippen LogP contribution in [0.4, 0.5) is 0 Å². The first-order valence-electron chi connectivity index (χ1n) is 10.6. The van der Waals surface area contributed by atoms with Gasteiger partial charge in [0.15, 0.2) is 0 Å². The molecule has 0 unspecified atom stereocenters. The van der Waals surface area contributed by atoms with Crippen LogP contribution in [0, 0.1) is 17.3 Å². The Bertz CT molecular complexity index is 685. The van der Waals surface area contributed by atoms with E-state index in [1.54, 1.807) is 12.4 Å². The SMILES string of the molecule is O=C(CC12C[C@@H]3C[C@H](CC(O)(C3)C1)C2)N1CCC(Oc2cccnc2)CC1. The van der Waals surface area contributed by atoms with Gasteiger partial charge in [-0.15, -0.1) is 0 Å². The number of nitrogens with zero attached hydrogens (tertiary/aromatic N) is 2. The van der Waals surface area contributed by atoms with Gasteiger partial charge in [-0.3, -0.25) is 9.78 Å². The zero-order valence-corrected chi connectivity index (χ0v) is 16.0. The van der Waals surface area contributed by atoms with E-state index in [1.807, 2.05) is 17.0 Å². The molecule has 1 aliphatic heterocycles. The van der Waals surface area contributed by atoms with Crippen molar-refractivity contribution >= 4 is 5.91 Å². The van der Waals surface area contributed by atoms with Crippen LogP contribution in [-0.4, -0.2) is 45.7 Å². The lowest BCUT2D eigenvalue weighted by Gasteiger charge is -2.60. The molecule has 0 spiro atoms. The number of likely N-dealkylation sites (tertiary alicyclic amines) is 1. The van der Waals surface area contributed by atoms with E-state index >= 15 is 0 Å². The lowest BCUT2D eigenvalue weighted by Crippen LogP contribution is -2.57. The minimum atomic E-state index is -0.477. The number of piperidine rings is 1. The predicted octanol–water partition coefficient (Wildman–Crippen LogP) is 3.17. The fraction of sp³-hybridized carbons (Fsp3) is 0.727. The average molecular weight is 370 g/mol. The lowest BCUT2D eigenvalue weighted by atomic mass is 9.47. The molecule has 1 saturated heterocycles. The van der Waals surface area contributed by atoms with Gasteiger partial charge < -0.3 is 14.7 Å². The Morgan fingerprint density at radius 3 is 2.59 bits per heavy atom. The predicted molar refractivity (Wildman–Crippen MR) is 101 cm³/mol. The van der Waals surface area contributed by atoms with Gasteiger partial charge in [0, 0.05) is 38.5 Å². The van der Waals surface area contributed by atoms with Gasteiger partial charge in [-0.05, 0) is 67.9 Å². The lowest BCUT2D eigenvalue weighted by molar-refractivity contribution is -0.172. The van der Waals surface area contributed by atoms with E-state index in [0.29, 0.717) is 24.2 Å². The Morgan fingerprint density at radius 2 is 1.96 bits per heavy atom. The normalized spacial score (nSPS) is 38.2. The summed E-state index contributed by atoms with van der Waals surface area (Å²) in [5, 5.41) is 10.9. The van der Waals surface area contributed by atoms with Crippen molar-refractivity contribution in [3.8, 4) is 5.75 Å². The molecule has 27 heavy (non-hydrogen) atoms. The molecule has 5 nitrogen and oxygen atoms in total. The summed E-state index contributed by atoms with van der Waals surface area (Å²) in [6, 6.07) is 3.82. The highest BCUT2D eigenvalue weighted by molar-refractivity contribution is 5.77. The maximum absolute atomic E-state index is 13.0. The Hall–Kier alpha value is -1.62. The van der Waals surface area contributed by atoms with Gasteiger partial charge in [0.2, 0.25) is 5.91 Å². The molecule has 2 atom stereocenters. The minimum absolute atomic E-state index is 0.0684. The van der Waals surface area contributed by atoms with E-state index in [0.717, 1.165) is 63.8 Å². The molecule has 5 aliphatic rings. The third-order valence-corrected chi connectivity index (χ3v) is 7.41. The number of hydrogen-bond donors (Lipinski definition) is 1. The number of carbonyl (C=O) groups excluding carboxylic acids is 1. The van der Waals surface area contributed by atoms with Crippen molar-refractivity contribution < 1.29 is 14.6 Å². The van der Waals surface area contributed by atoms with Gasteiger partial charge in [-0.1, -0.05) is 0 Å². The van der Waals surface area contributed by atoms with E-state index in [9.17, 15) is 9.90 Å². The molecule has 6 rings (SSSR count). The van der Waals surface area contributed by atoms with Gasteiger partial charge in [-0.2, -0.15) is 0 Å². The Labute approximate surface area is 161 Å². The van der Waals surface area contributed by atoms with Crippen LogP contribution in [0.25, 0.3) is 0 Å². The van der Waals surface area contributed by atoms with Crippen molar-refractivity contribution in [1.29, 1.82) is 0 Å². The maximum atomic E-state index is 13.0. The van der Waals surface area contributed by atoms with Crippen LogP contribution in [-0.2, 0) is 4.79 Å². The topological polar surface area (TPSA) is 62.7 Å². The van der Waals surface area contributed by atoms with Crippen LogP contribution in [0.2, 0.25) is 0 Å². The summed E-state index contributed by atoms with van der Waals surface area (Å²) in [5.41, 5.74) is -0.409. The smallest absolute Gasteiger partial charge is 0.223 e. The Morgan fingerprint density at radius 1 is 1.22 bits per heavy atom. The number of ether oxygens (including phenoxy) is 1. The average Bonchev–Trinajstić information content (AvgIpc) is 2.60. The van der Waals surface area contributed by atoms with Crippen molar-refractivity contribution in [1.82, 2.24) is 9.88 Å². The molecule has 5 fully saturated rings. The molecule has 1 N–H and O–H groups in total. The molecule has 4 saturated carbocycles. The number of pyridine rings is 1. The largest absolute Gasteiger partial charge is 0.489 e. The van der Waals surface area contributed by atoms with Gasteiger partial charge in [0.25, 0.3) is 0 Å². The second-order valence-corrected chi connectivity index (χ2v) is 9.75. The van der Waals surface area contributed by atoms with Crippen LogP contribution in [0.5, 0.6) is 5.75 Å². The first-order chi connectivity index (χ1) is 13.0. The molecule has 146 valence electrons. The van der Waals surface area contributed by atoms with Crippen LogP contribution in [0.3, 0.4) is 0 Å². The van der Waals surface area contributed by atoms with Gasteiger partial charge in [-0.25, -0.2) is 0 Å². The fourth-order valence-corrected chi connectivity index (χ4v) is 6.87. The summed E-state index contributed by atoms with van der Waals surface area (Å²) >= 11 is 0. The zero-order valence-electron chi connectivity index (χ0n) is 16.0. The van der Waals surface area contributed by atoms with Gasteiger partial charge in [0.1, 0.15) is 11.9 Å². The van der Waals surface area contributed by atoms with Gasteiger partial charge >= 0.3 is 0 Å². The summed E-state index contributed by atoms with van der Waals surface area (Å²) in [7, 11) is 0. The monoisotopic (exact) mass is 370 g/mol. The molecule has 0 aromatic carbocycles. The molecule has 5 heteroatoms. The second-order valence-electron chi connectivity index (χ2n) is 9.75. The highest BCUT2D eigenvalue weighted by Gasteiger charge is 2.57. The Kier molecular flexibility index (Phi) is 4.19. The zero-order chi connectivity index (χ0) is 18.5. The summed E-state index contributed by atoms with van der Waals surface area (Å²) in [4.78, 5) is 19.2. The second kappa shape index (κ2) is 6.47. The molecule has 4 bridgehead atoms. The molecular formula is C22H30N2O3. The molecule has 1 aromatic rings. The van der Waals surface area contributed by atoms with E-state index in [1.165, 1.54) is 6.42 Å². The molecule has 2 heterocycles. The first-order valence-corrected chi connectivity index (χ1v) is 10.6. The molecule has 1 amide bonds. The van der Waals surface area contributed by atoms with Crippen LogP contribution < -0.4 is 4.74 Å². The number of rotatable bonds is 4. The van der Waals surface area contributed by atoms with Crippen molar-refractivity contribution in [2.24, 2.45) is 17.3 Å².